The van der Waals surface area contributed by atoms with E-state index in [2.05, 4.69) is 10.0 Å². The zero-order valence-electron chi connectivity index (χ0n) is 12.0. The Bertz CT molecular complexity index is 759. The molecule has 0 unspecified atom stereocenters. The number of benzene rings is 1. The number of hydrogen-bond acceptors (Lipinski definition) is 5. The molecule has 1 aromatic heterocycles. The molecule has 120 valence electrons. The smallest absolute Gasteiger partial charge is 0.254 e. The maximum Gasteiger partial charge on any atom is 0.254 e. The van der Waals surface area contributed by atoms with Crippen LogP contribution in [0.5, 0.6) is 5.75 Å². The number of methoxy groups -OCH3 is 1. The van der Waals surface area contributed by atoms with Gasteiger partial charge in [-0.15, -0.1) is 23.7 Å². The summed E-state index contributed by atoms with van der Waals surface area (Å²) in [7, 11) is -2.08. The zero-order chi connectivity index (χ0) is 14.9. The van der Waals surface area contributed by atoms with E-state index in [4.69, 9.17) is 4.74 Å². The minimum atomic E-state index is -3.54. The van der Waals surface area contributed by atoms with Gasteiger partial charge in [0.05, 0.1) is 7.11 Å². The number of halogens is 1. The Kier molecular flexibility index (Phi) is 5.46. The van der Waals surface area contributed by atoms with E-state index in [0.29, 0.717) is 5.75 Å². The third kappa shape index (κ3) is 3.44. The first-order chi connectivity index (χ1) is 10.1. The molecule has 1 aromatic carbocycles. The van der Waals surface area contributed by atoms with Crippen molar-refractivity contribution in [1.82, 2.24) is 10.0 Å². The lowest BCUT2D eigenvalue weighted by Gasteiger charge is -2.08. The SMILES string of the molecule is COc1ccsc1S(=O)(=O)NCc1ccc2c(c1)CNC2.Cl. The van der Waals surface area contributed by atoms with E-state index in [0.717, 1.165) is 30.0 Å². The van der Waals surface area contributed by atoms with Gasteiger partial charge in [-0.05, 0) is 28.1 Å². The standard InChI is InChI=1S/C14H16N2O3S2.ClH/c1-19-13-4-5-20-14(13)21(17,18)16-7-10-2-3-11-8-15-9-12(11)6-10;/h2-6,15-16H,7-9H2,1H3;1H. The van der Waals surface area contributed by atoms with Gasteiger partial charge < -0.3 is 10.1 Å². The highest BCUT2D eigenvalue weighted by Gasteiger charge is 2.21. The van der Waals surface area contributed by atoms with Crippen LogP contribution in [0.4, 0.5) is 0 Å². The maximum absolute atomic E-state index is 12.3. The van der Waals surface area contributed by atoms with Gasteiger partial charge in [-0.25, -0.2) is 13.1 Å². The highest BCUT2D eigenvalue weighted by Crippen LogP contribution is 2.29. The number of ether oxygens (including phenoxy) is 1. The van der Waals surface area contributed by atoms with Crippen molar-refractivity contribution in [2.75, 3.05) is 7.11 Å². The van der Waals surface area contributed by atoms with E-state index in [1.54, 1.807) is 11.4 Å². The van der Waals surface area contributed by atoms with Gasteiger partial charge in [-0.1, -0.05) is 18.2 Å². The van der Waals surface area contributed by atoms with Crippen molar-refractivity contribution >= 4 is 33.8 Å². The van der Waals surface area contributed by atoms with Gasteiger partial charge in [0.2, 0.25) is 0 Å². The van der Waals surface area contributed by atoms with Crippen molar-refractivity contribution in [2.45, 2.75) is 23.8 Å². The van der Waals surface area contributed by atoms with Crippen LogP contribution in [0, 0.1) is 0 Å². The van der Waals surface area contributed by atoms with Gasteiger partial charge in [0.1, 0.15) is 5.75 Å². The molecule has 2 N–H and O–H groups in total. The summed E-state index contributed by atoms with van der Waals surface area (Å²) < 4.78 is 32.5. The second kappa shape index (κ2) is 6.97. The first-order valence-corrected chi connectivity index (χ1v) is 8.89. The summed E-state index contributed by atoms with van der Waals surface area (Å²) in [6.07, 6.45) is 0. The summed E-state index contributed by atoms with van der Waals surface area (Å²) in [4.78, 5) is 0. The molecular formula is C14H17ClN2O3S2. The molecule has 0 saturated carbocycles. The van der Waals surface area contributed by atoms with Crippen LogP contribution < -0.4 is 14.8 Å². The largest absolute Gasteiger partial charge is 0.494 e. The fraction of sp³-hybridized carbons (Fsp3) is 0.286. The van der Waals surface area contributed by atoms with Gasteiger partial charge in [-0.2, -0.15) is 0 Å². The second-order valence-corrected chi connectivity index (χ2v) is 7.69. The zero-order valence-corrected chi connectivity index (χ0v) is 14.4. The summed E-state index contributed by atoms with van der Waals surface area (Å²) in [6.45, 7) is 2.00. The number of nitrogens with one attached hydrogen (secondary N) is 2. The highest BCUT2D eigenvalue weighted by molar-refractivity contribution is 7.91. The van der Waals surface area contributed by atoms with Crippen LogP contribution in [-0.2, 0) is 29.7 Å². The summed E-state index contributed by atoms with van der Waals surface area (Å²) >= 11 is 1.15. The Morgan fingerprint density at radius 2 is 2.05 bits per heavy atom. The van der Waals surface area contributed by atoms with E-state index < -0.39 is 10.0 Å². The third-order valence-electron chi connectivity index (χ3n) is 3.43. The molecule has 22 heavy (non-hydrogen) atoms. The maximum atomic E-state index is 12.3. The van der Waals surface area contributed by atoms with E-state index >= 15 is 0 Å². The fourth-order valence-corrected chi connectivity index (χ4v) is 4.67. The summed E-state index contributed by atoms with van der Waals surface area (Å²) in [6, 6.07) is 7.70. The lowest BCUT2D eigenvalue weighted by Crippen LogP contribution is -2.22. The first-order valence-electron chi connectivity index (χ1n) is 6.53. The minimum Gasteiger partial charge on any atom is -0.494 e. The molecule has 0 atom stereocenters. The van der Waals surface area contributed by atoms with Crippen LogP contribution in [0.25, 0.3) is 0 Å². The molecule has 1 aliphatic rings. The summed E-state index contributed by atoms with van der Waals surface area (Å²) in [5, 5.41) is 4.97. The van der Waals surface area contributed by atoms with Gasteiger partial charge in [-0.3, -0.25) is 0 Å². The third-order valence-corrected chi connectivity index (χ3v) is 6.28. The van der Waals surface area contributed by atoms with Crippen LogP contribution in [0.3, 0.4) is 0 Å². The lowest BCUT2D eigenvalue weighted by molar-refractivity contribution is 0.406. The van der Waals surface area contributed by atoms with E-state index in [1.165, 1.54) is 18.2 Å². The minimum absolute atomic E-state index is 0. The molecule has 0 bridgehead atoms. The van der Waals surface area contributed by atoms with Crippen LogP contribution in [-0.4, -0.2) is 15.5 Å². The van der Waals surface area contributed by atoms with E-state index in [9.17, 15) is 8.42 Å². The van der Waals surface area contributed by atoms with Crippen molar-refractivity contribution in [3.05, 3.63) is 46.3 Å². The van der Waals surface area contributed by atoms with Crippen LogP contribution in [0.2, 0.25) is 0 Å². The molecule has 8 heteroatoms. The lowest BCUT2D eigenvalue weighted by atomic mass is 10.1. The Balaban J connectivity index is 0.00000176. The number of thiophene rings is 1. The molecule has 1 aliphatic heterocycles. The van der Waals surface area contributed by atoms with Gasteiger partial charge in [0.25, 0.3) is 10.0 Å². The van der Waals surface area contributed by atoms with Crippen molar-refractivity contribution in [3.63, 3.8) is 0 Å². The Morgan fingerprint density at radius 1 is 1.27 bits per heavy atom. The topological polar surface area (TPSA) is 67.4 Å². The molecular weight excluding hydrogens is 344 g/mol. The number of sulfonamides is 1. The normalized spacial score (nSPS) is 13.5. The van der Waals surface area contributed by atoms with Gasteiger partial charge in [0.15, 0.2) is 4.21 Å². The number of hydrogen-bond donors (Lipinski definition) is 2. The molecule has 2 heterocycles. The highest BCUT2D eigenvalue weighted by atomic mass is 35.5. The quantitative estimate of drug-likeness (QED) is 0.858. The van der Waals surface area contributed by atoms with Crippen molar-refractivity contribution in [1.29, 1.82) is 0 Å². The Hall–Kier alpha value is -1.12. The summed E-state index contributed by atoms with van der Waals surface area (Å²) in [5.41, 5.74) is 3.47. The Labute approximate surface area is 140 Å². The van der Waals surface area contributed by atoms with Crippen LogP contribution in [0.15, 0.2) is 33.9 Å². The van der Waals surface area contributed by atoms with Crippen molar-refractivity contribution in [2.24, 2.45) is 0 Å². The predicted molar refractivity (Wildman–Crippen MR) is 89.1 cm³/mol. The average molecular weight is 361 g/mol. The number of rotatable bonds is 5. The molecule has 2 aromatic rings. The molecule has 3 rings (SSSR count). The fourth-order valence-electron chi connectivity index (χ4n) is 2.33. The van der Waals surface area contributed by atoms with E-state index in [1.807, 2.05) is 18.2 Å². The van der Waals surface area contributed by atoms with Gasteiger partial charge >= 0.3 is 0 Å². The average Bonchev–Trinajstić information content (AvgIpc) is 3.13. The van der Waals surface area contributed by atoms with Crippen molar-refractivity contribution < 1.29 is 13.2 Å². The molecule has 0 saturated heterocycles. The molecule has 0 fully saturated rings. The molecule has 0 radical (unpaired) electrons. The molecule has 0 aliphatic carbocycles. The van der Waals surface area contributed by atoms with Crippen LogP contribution in [0.1, 0.15) is 16.7 Å². The van der Waals surface area contributed by atoms with Gasteiger partial charge in [0, 0.05) is 19.6 Å². The molecule has 0 amide bonds. The molecule has 5 nitrogen and oxygen atoms in total. The predicted octanol–water partition coefficient (Wildman–Crippen LogP) is 2.26. The Morgan fingerprint density at radius 3 is 2.82 bits per heavy atom. The number of fused-ring (bicyclic) bond motifs is 1. The molecule has 0 spiro atoms. The second-order valence-electron chi connectivity index (χ2n) is 4.81. The van der Waals surface area contributed by atoms with Crippen LogP contribution >= 0.6 is 23.7 Å². The first kappa shape index (κ1) is 17.2. The van der Waals surface area contributed by atoms with E-state index in [-0.39, 0.29) is 23.2 Å². The van der Waals surface area contributed by atoms with Crippen molar-refractivity contribution in [3.8, 4) is 5.75 Å². The summed E-state index contributed by atoms with van der Waals surface area (Å²) in [5.74, 6) is 0.380. The monoisotopic (exact) mass is 360 g/mol.